The molecule has 0 bridgehead atoms. The average molecular weight is 229 g/mol. The normalized spacial score (nSPS) is 24.9. The molecule has 1 heterocycles. The number of rotatable bonds is 3. The van der Waals surface area contributed by atoms with Crippen molar-refractivity contribution in [1.29, 1.82) is 0 Å². The lowest BCUT2D eigenvalue weighted by molar-refractivity contribution is 0.417. The van der Waals surface area contributed by atoms with Gasteiger partial charge in [-0.2, -0.15) is 0 Å². The molecule has 0 amide bonds. The molecule has 1 aromatic rings. The van der Waals surface area contributed by atoms with Crippen LogP contribution in [0.15, 0.2) is 18.2 Å². The number of hydrogen-bond acceptors (Lipinski definition) is 1. The summed E-state index contributed by atoms with van der Waals surface area (Å²) in [7, 11) is 0. The van der Waals surface area contributed by atoms with Gasteiger partial charge in [0.2, 0.25) is 0 Å². The van der Waals surface area contributed by atoms with E-state index in [9.17, 15) is 0 Å². The second kappa shape index (κ2) is 4.81. The van der Waals surface area contributed by atoms with E-state index in [1.54, 1.807) is 16.7 Å². The molecule has 0 radical (unpaired) electrons. The SMILES string of the molecule is CC(Cc1ccc2c(c1)CCC2)C1CCCN1. The third-order valence-electron chi connectivity index (χ3n) is 4.51. The molecule has 0 aromatic heterocycles. The first kappa shape index (κ1) is 11.3. The number of hydrogen-bond donors (Lipinski definition) is 1. The van der Waals surface area contributed by atoms with Gasteiger partial charge in [-0.15, -0.1) is 0 Å². The lowest BCUT2D eigenvalue weighted by atomic mass is 9.92. The van der Waals surface area contributed by atoms with Crippen molar-refractivity contribution in [2.75, 3.05) is 6.54 Å². The highest BCUT2D eigenvalue weighted by Crippen LogP contribution is 2.25. The zero-order valence-electron chi connectivity index (χ0n) is 10.8. The Morgan fingerprint density at radius 2 is 2.12 bits per heavy atom. The Morgan fingerprint density at radius 3 is 2.94 bits per heavy atom. The summed E-state index contributed by atoms with van der Waals surface area (Å²) in [5.74, 6) is 0.775. The fraction of sp³-hybridized carbons (Fsp3) is 0.625. The monoisotopic (exact) mass is 229 g/mol. The van der Waals surface area contributed by atoms with E-state index in [2.05, 4.69) is 30.4 Å². The molecule has 3 rings (SSSR count). The molecule has 1 heteroatoms. The van der Waals surface area contributed by atoms with Crippen LogP contribution in [0, 0.1) is 5.92 Å². The molecular formula is C16H23N. The first-order valence-corrected chi connectivity index (χ1v) is 7.17. The zero-order chi connectivity index (χ0) is 11.7. The van der Waals surface area contributed by atoms with Gasteiger partial charge >= 0.3 is 0 Å². The first-order chi connectivity index (χ1) is 8.33. The molecule has 1 nitrogen and oxygen atoms in total. The largest absolute Gasteiger partial charge is 0.314 e. The minimum absolute atomic E-state index is 0.753. The van der Waals surface area contributed by atoms with Crippen LogP contribution in [-0.4, -0.2) is 12.6 Å². The lowest BCUT2D eigenvalue weighted by Crippen LogP contribution is -2.29. The molecule has 2 aliphatic rings. The van der Waals surface area contributed by atoms with Gasteiger partial charge in [0.1, 0.15) is 0 Å². The van der Waals surface area contributed by atoms with Crippen LogP contribution in [0.3, 0.4) is 0 Å². The van der Waals surface area contributed by atoms with Crippen molar-refractivity contribution in [3.8, 4) is 0 Å². The summed E-state index contributed by atoms with van der Waals surface area (Å²) in [6, 6.07) is 7.94. The highest BCUT2D eigenvalue weighted by Gasteiger charge is 2.21. The fourth-order valence-electron chi connectivity index (χ4n) is 3.46. The molecule has 2 atom stereocenters. The summed E-state index contributed by atoms with van der Waals surface area (Å²) < 4.78 is 0. The van der Waals surface area contributed by atoms with E-state index in [1.165, 1.54) is 45.1 Å². The fourth-order valence-corrected chi connectivity index (χ4v) is 3.46. The summed E-state index contributed by atoms with van der Waals surface area (Å²) >= 11 is 0. The Kier molecular flexibility index (Phi) is 3.19. The van der Waals surface area contributed by atoms with E-state index in [0.29, 0.717) is 0 Å². The van der Waals surface area contributed by atoms with Crippen molar-refractivity contribution in [3.63, 3.8) is 0 Å². The summed E-state index contributed by atoms with van der Waals surface area (Å²) in [6.45, 7) is 3.62. The molecule has 2 unspecified atom stereocenters. The molecule has 0 saturated carbocycles. The summed E-state index contributed by atoms with van der Waals surface area (Å²) in [6.07, 6.45) is 7.93. The Balaban J connectivity index is 1.68. The van der Waals surface area contributed by atoms with Gasteiger partial charge in [-0.3, -0.25) is 0 Å². The average Bonchev–Trinajstić information content (AvgIpc) is 2.99. The molecular weight excluding hydrogens is 206 g/mol. The molecule has 1 saturated heterocycles. The van der Waals surface area contributed by atoms with E-state index in [1.807, 2.05) is 0 Å². The van der Waals surface area contributed by atoms with E-state index in [4.69, 9.17) is 0 Å². The van der Waals surface area contributed by atoms with Crippen molar-refractivity contribution in [3.05, 3.63) is 34.9 Å². The Hall–Kier alpha value is -0.820. The quantitative estimate of drug-likeness (QED) is 0.840. The minimum Gasteiger partial charge on any atom is -0.314 e. The summed E-state index contributed by atoms with van der Waals surface area (Å²) in [4.78, 5) is 0. The molecule has 1 fully saturated rings. The Labute approximate surface area is 105 Å². The highest BCUT2D eigenvalue weighted by atomic mass is 14.9. The van der Waals surface area contributed by atoms with Crippen molar-refractivity contribution in [1.82, 2.24) is 5.32 Å². The van der Waals surface area contributed by atoms with Crippen LogP contribution in [0.5, 0.6) is 0 Å². The zero-order valence-corrected chi connectivity index (χ0v) is 10.8. The molecule has 1 aromatic carbocycles. The van der Waals surface area contributed by atoms with Gasteiger partial charge in [0.15, 0.2) is 0 Å². The summed E-state index contributed by atoms with van der Waals surface area (Å²) in [5, 5.41) is 3.63. The number of benzene rings is 1. The summed E-state index contributed by atoms with van der Waals surface area (Å²) in [5.41, 5.74) is 4.77. The van der Waals surface area contributed by atoms with Crippen molar-refractivity contribution >= 4 is 0 Å². The van der Waals surface area contributed by atoms with Crippen LogP contribution in [0.25, 0.3) is 0 Å². The van der Waals surface area contributed by atoms with Crippen LogP contribution in [0.1, 0.15) is 42.9 Å². The van der Waals surface area contributed by atoms with Gasteiger partial charge in [-0.25, -0.2) is 0 Å². The molecule has 1 aliphatic heterocycles. The number of nitrogens with one attached hydrogen (secondary N) is 1. The van der Waals surface area contributed by atoms with Crippen molar-refractivity contribution in [2.24, 2.45) is 5.92 Å². The van der Waals surface area contributed by atoms with E-state index < -0.39 is 0 Å². The van der Waals surface area contributed by atoms with Gasteiger partial charge in [0, 0.05) is 6.04 Å². The van der Waals surface area contributed by atoms with Crippen molar-refractivity contribution in [2.45, 2.75) is 51.5 Å². The van der Waals surface area contributed by atoms with Crippen LogP contribution >= 0.6 is 0 Å². The van der Waals surface area contributed by atoms with Crippen LogP contribution < -0.4 is 5.32 Å². The van der Waals surface area contributed by atoms with Gasteiger partial charge < -0.3 is 5.32 Å². The van der Waals surface area contributed by atoms with Gasteiger partial charge in [-0.1, -0.05) is 25.1 Å². The minimum atomic E-state index is 0.753. The maximum Gasteiger partial charge on any atom is 0.00963 e. The van der Waals surface area contributed by atoms with Crippen LogP contribution in [0.4, 0.5) is 0 Å². The third kappa shape index (κ3) is 2.40. The molecule has 92 valence electrons. The highest BCUT2D eigenvalue weighted by molar-refractivity contribution is 5.35. The smallest absolute Gasteiger partial charge is 0.00963 e. The Bertz CT molecular complexity index is 391. The van der Waals surface area contributed by atoms with Gasteiger partial charge in [-0.05, 0) is 67.7 Å². The third-order valence-corrected chi connectivity index (χ3v) is 4.51. The van der Waals surface area contributed by atoms with Crippen LogP contribution in [0.2, 0.25) is 0 Å². The number of aryl methyl sites for hydroxylation is 2. The molecule has 0 spiro atoms. The van der Waals surface area contributed by atoms with E-state index in [0.717, 1.165) is 12.0 Å². The van der Waals surface area contributed by atoms with Gasteiger partial charge in [0.25, 0.3) is 0 Å². The van der Waals surface area contributed by atoms with E-state index in [-0.39, 0.29) is 0 Å². The first-order valence-electron chi connectivity index (χ1n) is 7.17. The molecule has 1 N–H and O–H groups in total. The van der Waals surface area contributed by atoms with Crippen LogP contribution in [-0.2, 0) is 19.3 Å². The predicted octanol–water partition coefficient (Wildman–Crippen LogP) is 3.11. The molecule has 1 aliphatic carbocycles. The number of fused-ring (bicyclic) bond motifs is 1. The standard InChI is InChI=1S/C16H23N/c1-12(16-6-3-9-17-16)10-13-7-8-14-4-2-5-15(14)11-13/h7-8,11-12,16-17H,2-6,9-10H2,1H3. The van der Waals surface area contributed by atoms with E-state index >= 15 is 0 Å². The maximum atomic E-state index is 3.63. The molecule has 17 heavy (non-hydrogen) atoms. The van der Waals surface area contributed by atoms with Crippen molar-refractivity contribution < 1.29 is 0 Å². The lowest BCUT2D eigenvalue weighted by Gasteiger charge is -2.19. The predicted molar refractivity (Wildman–Crippen MR) is 72.4 cm³/mol. The maximum absolute atomic E-state index is 3.63. The topological polar surface area (TPSA) is 12.0 Å². The van der Waals surface area contributed by atoms with Gasteiger partial charge in [0.05, 0.1) is 0 Å². The second-order valence-electron chi connectivity index (χ2n) is 5.84. The Morgan fingerprint density at radius 1 is 1.24 bits per heavy atom. The second-order valence-corrected chi connectivity index (χ2v) is 5.84.